The summed E-state index contributed by atoms with van der Waals surface area (Å²) in [5.41, 5.74) is 0. The first-order valence-corrected chi connectivity index (χ1v) is 2.47. The summed E-state index contributed by atoms with van der Waals surface area (Å²) in [6.45, 7) is 2.01. The Hall–Kier alpha value is -0.0800. The number of hydrogen-bond donors (Lipinski definition) is 0. The van der Waals surface area contributed by atoms with E-state index in [9.17, 15) is 0 Å². The molecule has 0 radical (unpaired) electrons. The molecule has 1 aliphatic rings. The van der Waals surface area contributed by atoms with E-state index < -0.39 is 7.00 Å². The first kappa shape index (κ1) is 3.05. The minimum Gasteiger partial charge on any atom is -0.379 e. The van der Waals surface area contributed by atoms with Gasteiger partial charge >= 0.3 is 0 Å². The van der Waals surface area contributed by atoms with E-state index in [2.05, 4.69) is 0 Å². The van der Waals surface area contributed by atoms with Crippen LogP contribution >= 0.6 is 0 Å². The van der Waals surface area contributed by atoms with Gasteiger partial charge in [0.2, 0.25) is 0 Å². The quantitative estimate of drug-likeness (QED) is 0.426. The largest absolute Gasteiger partial charge is 0.379 e. The lowest BCUT2D eigenvalue weighted by Crippen LogP contribution is -2.32. The van der Waals surface area contributed by atoms with E-state index in [1.807, 2.05) is 0 Å². The number of likely N-dealkylation sites (N-methyl/N-ethyl adjacent to an activating group) is 1. The Labute approximate surface area is 46.9 Å². The van der Waals surface area contributed by atoms with Crippen LogP contribution in [-0.2, 0) is 4.74 Å². The van der Waals surface area contributed by atoms with Crippen molar-refractivity contribution in [3.05, 3.63) is 0 Å². The third kappa shape index (κ3) is 1.45. The molecule has 0 aromatic carbocycles. The molecule has 1 rings (SSSR count). The van der Waals surface area contributed by atoms with Gasteiger partial charge in [-0.25, -0.2) is 0 Å². The van der Waals surface area contributed by atoms with Crippen LogP contribution in [0.4, 0.5) is 0 Å². The Bertz CT molecular complexity index is 83.0. The lowest BCUT2D eigenvalue weighted by atomic mass is 10.5. The number of hydrogen-bond acceptors (Lipinski definition) is 2. The molecule has 0 N–H and O–H groups in total. The Morgan fingerprint density at radius 2 is 2.29 bits per heavy atom. The third-order valence-corrected chi connectivity index (χ3v) is 1.05. The molecule has 0 bridgehead atoms. The molecule has 1 saturated heterocycles. The van der Waals surface area contributed by atoms with Gasteiger partial charge in [0, 0.05) is 15.8 Å². The fourth-order valence-electron chi connectivity index (χ4n) is 0.577. The van der Waals surface area contributed by atoms with E-state index in [0.717, 1.165) is 13.1 Å². The standard InChI is InChI=1S/C5H11NO/c1-6-2-4-7-5-3-6/h2-5H2,1H3/i1D2. The molecule has 0 aromatic rings. The Kier molecular flexibility index (Phi) is 0.995. The van der Waals surface area contributed by atoms with E-state index in [-0.39, 0.29) is 0 Å². The molecule has 0 amide bonds. The van der Waals surface area contributed by atoms with Crippen molar-refractivity contribution >= 4 is 0 Å². The molecule has 0 unspecified atom stereocenters. The van der Waals surface area contributed by atoms with Crippen molar-refractivity contribution < 1.29 is 7.48 Å². The first-order valence-electron chi connectivity index (χ1n) is 3.62. The zero-order chi connectivity index (χ0) is 6.69. The van der Waals surface area contributed by atoms with Crippen molar-refractivity contribution in [2.75, 3.05) is 33.3 Å². The molecular weight excluding hydrogens is 90.1 g/mol. The third-order valence-electron chi connectivity index (χ3n) is 1.05. The topological polar surface area (TPSA) is 12.5 Å². The molecule has 0 saturated carbocycles. The van der Waals surface area contributed by atoms with Crippen LogP contribution in [-0.4, -0.2) is 38.2 Å². The molecule has 1 fully saturated rings. The van der Waals surface area contributed by atoms with Gasteiger partial charge in [-0.3, -0.25) is 0 Å². The molecule has 0 spiro atoms. The van der Waals surface area contributed by atoms with Gasteiger partial charge in [0.05, 0.1) is 13.2 Å². The van der Waals surface area contributed by atoms with Gasteiger partial charge in [0.25, 0.3) is 0 Å². The second kappa shape index (κ2) is 2.28. The monoisotopic (exact) mass is 103 g/mol. The average molecular weight is 103 g/mol. The molecule has 2 nitrogen and oxygen atoms in total. The molecule has 1 heterocycles. The highest BCUT2D eigenvalue weighted by atomic mass is 16.5. The van der Waals surface area contributed by atoms with E-state index in [0.29, 0.717) is 13.2 Å². The fraction of sp³-hybridized carbons (Fsp3) is 1.00. The lowest BCUT2D eigenvalue weighted by molar-refractivity contribution is 0.0503. The molecule has 7 heavy (non-hydrogen) atoms. The van der Waals surface area contributed by atoms with E-state index in [1.165, 1.54) is 0 Å². The zero-order valence-corrected chi connectivity index (χ0v) is 4.26. The summed E-state index contributed by atoms with van der Waals surface area (Å²) >= 11 is 0. The molecule has 2 heteroatoms. The van der Waals surface area contributed by atoms with Gasteiger partial charge < -0.3 is 9.64 Å². The van der Waals surface area contributed by atoms with Crippen LogP contribution in [0.5, 0.6) is 0 Å². The van der Waals surface area contributed by atoms with Crippen LogP contribution in [0, 0.1) is 0 Å². The summed E-state index contributed by atoms with van der Waals surface area (Å²) in [4.78, 5) is 1.77. The smallest absolute Gasteiger partial charge is 0.0594 e. The highest BCUT2D eigenvalue weighted by Crippen LogP contribution is 1.89. The lowest BCUT2D eigenvalue weighted by Gasteiger charge is -2.21. The van der Waals surface area contributed by atoms with Crippen LogP contribution in [0.2, 0.25) is 0 Å². The van der Waals surface area contributed by atoms with Crippen LogP contribution in [0.25, 0.3) is 0 Å². The highest BCUT2D eigenvalue weighted by molar-refractivity contribution is 4.53. The van der Waals surface area contributed by atoms with Crippen molar-refractivity contribution in [1.82, 2.24) is 4.90 Å². The maximum atomic E-state index is 7.01. The van der Waals surface area contributed by atoms with Crippen molar-refractivity contribution in [3.8, 4) is 0 Å². The van der Waals surface area contributed by atoms with E-state index >= 15 is 0 Å². The van der Waals surface area contributed by atoms with E-state index in [4.69, 9.17) is 7.48 Å². The molecule has 0 atom stereocenters. The number of rotatable bonds is 0. The van der Waals surface area contributed by atoms with Crippen LogP contribution in [0.3, 0.4) is 0 Å². The predicted octanol–water partition coefficient (Wildman–Crippen LogP) is -0.0516. The van der Waals surface area contributed by atoms with Gasteiger partial charge in [0.1, 0.15) is 0 Å². The van der Waals surface area contributed by atoms with Crippen molar-refractivity contribution in [2.45, 2.75) is 0 Å². The second-order valence-corrected chi connectivity index (χ2v) is 1.65. The summed E-state index contributed by atoms with van der Waals surface area (Å²) < 4.78 is 19.1. The number of morpholine rings is 1. The van der Waals surface area contributed by atoms with Gasteiger partial charge in [-0.1, -0.05) is 0 Å². The van der Waals surface area contributed by atoms with Gasteiger partial charge in [-0.05, 0) is 7.00 Å². The average Bonchev–Trinajstić information content (AvgIpc) is 1.90. The summed E-state index contributed by atoms with van der Waals surface area (Å²) in [7, 11) is 0. The maximum Gasteiger partial charge on any atom is 0.0594 e. The summed E-state index contributed by atoms with van der Waals surface area (Å²) in [6, 6.07) is 0. The van der Waals surface area contributed by atoms with Gasteiger partial charge in [-0.2, -0.15) is 0 Å². The normalized spacial score (nSPS) is 29.9. The molecule has 0 aromatic heterocycles. The molecule has 42 valence electrons. The van der Waals surface area contributed by atoms with E-state index in [1.54, 1.807) is 4.90 Å². The van der Waals surface area contributed by atoms with Crippen molar-refractivity contribution in [2.24, 2.45) is 0 Å². The van der Waals surface area contributed by atoms with Crippen molar-refractivity contribution in [3.63, 3.8) is 0 Å². The fourth-order valence-corrected chi connectivity index (χ4v) is 0.577. The zero-order valence-electron chi connectivity index (χ0n) is 6.26. The Balaban J connectivity index is 2.23. The van der Waals surface area contributed by atoms with Gasteiger partial charge in [-0.15, -0.1) is 0 Å². The molecule has 1 aliphatic heterocycles. The number of nitrogens with zero attached hydrogens (tertiary/aromatic N) is 1. The van der Waals surface area contributed by atoms with Gasteiger partial charge in [0.15, 0.2) is 0 Å². The van der Waals surface area contributed by atoms with Crippen LogP contribution < -0.4 is 0 Å². The molecular formula is C5H11NO. The number of ether oxygens (including phenoxy) is 1. The predicted molar refractivity (Wildman–Crippen MR) is 28.3 cm³/mol. The first-order chi connectivity index (χ1) is 4.30. The SMILES string of the molecule is [2H]C([2H])N1CCOCC1. The van der Waals surface area contributed by atoms with Crippen LogP contribution in [0.15, 0.2) is 0 Å². The second-order valence-electron chi connectivity index (χ2n) is 1.65. The maximum absolute atomic E-state index is 7.01. The highest BCUT2D eigenvalue weighted by Gasteiger charge is 2.02. The Morgan fingerprint density at radius 1 is 1.57 bits per heavy atom. The summed E-state index contributed by atoms with van der Waals surface area (Å²) in [6.07, 6.45) is 0. The minimum atomic E-state index is -0.811. The summed E-state index contributed by atoms with van der Waals surface area (Å²) in [5, 5.41) is 0. The minimum absolute atomic E-state index is 0.675. The Morgan fingerprint density at radius 3 is 2.71 bits per heavy atom. The summed E-state index contributed by atoms with van der Waals surface area (Å²) in [5.74, 6) is 0. The van der Waals surface area contributed by atoms with Crippen molar-refractivity contribution in [1.29, 1.82) is 0 Å². The molecule has 0 aliphatic carbocycles. The van der Waals surface area contributed by atoms with Crippen LogP contribution in [0.1, 0.15) is 2.74 Å².